The molecule has 0 saturated heterocycles. The zero-order valence-electron chi connectivity index (χ0n) is 10.8. The van der Waals surface area contributed by atoms with Crippen molar-refractivity contribution in [3.63, 3.8) is 0 Å². The van der Waals surface area contributed by atoms with Crippen LogP contribution in [0.4, 0.5) is 0 Å². The number of nitrogens with two attached hydrogens (primary N) is 1. The third-order valence-electron chi connectivity index (χ3n) is 2.96. The van der Waals surface area contributed by atoms with Gasteiger partial charge in [0.1, 0.15) is 0 Å². The van der Waals surface area contributed by atoms with E-state index in [1.807, 2.05) is 6.92 Å². The van der Waals surface area contributed by atoms with Crippen LogP contribution < -0.4 is 5.73 Å². The van der Waals surface area contributed by atoms with Gasteiger partial charge in [-0.2, -0.15) is 0 Å². The Balaban J connectivity index is 2.18. The van der Waals surface area contributed by atoms with Crippen molar-refractivity contribution in [2.75, 3.05) is 0 Å². The van der Waals surface area contributed by atoms with Crippen molar-refractivity contribution in [1.29, 1.82) is 0 Å². The maximum absolute atomic E-state index is 6.27. The fourth-order valence-electron chi connectivity index (χ4n) is 1.91. The van der Waals surface area contributed by atoms with Gasteiger partial charge in [-0.15, -0.1) is 11.3 Å². The minimum atomic E-state index is 0.00569. The molecule has 0 radical (unpaired) electrons. The monoisotopic (exact) mass is 324 g/mol. The van der Waals surface area contributed by atoms with Gasteiger partial charge in [-0.05, 0) is 44.0 Å². The Morgan fingerprint density at radius 3 is 2.56 bits per heavy atom. The lowest BCUT2D eigenvalue weighted by Crippen LogP contribution is -2.13. The molecule has 0 spiro atoms. The normalized spacial score (nSPS) is 12.7. The molecule has 1 aromatic heterocycles. The second-order valence-electron chi connectivity index (χ2n) is 4.62. The Labute approximate surface area is 120 Å². The van der Waals surface area contributed by atoms with E-state index in [0.29, 0.717) is 0 Å². The molecule has 2 nitrogen and oxygen atoms in total. The van der Waals surface area contributed by atoms with Gasteiger partial charge in [0.2, 0.25) is 0 Å². The number of aryl methyl sites for hydroxylation is 3. The number of hydrogen-bond donors (Lipinski definition) is 1. The number of benzene rings is 1. The fraction of sp³-hybridized carbons (Fsp3) is 0.357. The minimum Gasteiger partial charge on any atom is -0.324 e. The van der Waals surface area contributed by atoms with Gasteiger partial charge in [-0.3, -0.25) is 0 Å². The molecule has 18 heavy (non-hydrogen) atoms. The zero-order chi connectivity index (χ0) is 13.3. The van der Waals surface area contributed by atoms with Crippen molar-refractivity contribution in [2.24, 2.45) is 5.73 Å². The third kappa shape index (κ3) is 3.19. The van der Waals surface area contributed by atoms with Crippen molar-refractivity contribution in [1.82, 2.24) is 4.98 Å². The van der Waals surface area contributed by atoms with Crippen molar-refractivity contribution in [3.05, 3.63) is 49.4 Å². The molecular weight excluding hydrogens is 308 g/mol. The molecule has 1 heterocycles. The molecule has 96 valence electrons. The van der Waals surface area contributed by atoms with Crippen LogP contribution in [0, 0.1) is 20.8 Å². The Hall–Kier alpha value is -0.710. The quantitative estimate of drug-likeness (QED) is 0.924. The Morgan fingerprint density at radius 1 is 1.28 bits per heavy atom. The standard InChI is InChI=1S/C14H17BrN2S/c1-8-4-11(6-12(15)5-8)13(16)7-14-17-9(2)10(3)18-14/h4-6,13H,7,16H2,1-3H3. The minimum absolute atomic E-state index is 0.00569. The number of rotatable bonds is 3. The lowest BCUT2D eigenvalue weighted by molar-refractivity contribution is 0.715. The largest absolute Gasteiger partial charge is 0.324 e. The highest BCUT2D eigenvalue weighted by atomic mass is 79.9. The highest BCUT2D eigenvalue weighted by molar-refractivity contribution is 9.10. The van der Waals surface area contributed by atoms with E-state index in [1.165, 1.54) is 10.4 Å². The van der Waals surface area contributed by atoms with Gasteiger partial charge in [0.05, 0.1) is 10.7 Å². The summed E-state index contributed by atoms with van der Waals surface area (Å²) in [6.45, 7) is 6.23. The topological polar surface area (TPSA) is 38.9 Å². The van der Waals surface area contributed by atoms with Gasteiger partial charge < -0.3 is 5.73 Å². The van der Waals surface area contributed by atoms with Crippen LogP contribution in [-0.4, -0.2) is 4.98 Å². The van der Waals surface area contributed by atoms with Crippen molar-refractivity contribution in [3.8, 4) is 0 Å². The summed E-state index contributed by atoms with van der Waals surface area (Å²) in [5.74, 6) is 0. The number of thiazole rings is 1. The fourth-order valence-corrected chi connectivity index (χ4v) is 3.53. The first-order valence-corrected chi connectivity index (χ1v) is 7.52. The van der Waals surface area contributed by atoms with E-state index in [9.17, 15) is 0 Å². The lowest BCUT2D eigenvalue weighted by Gasteiger charge is -2.11. The SMILES string of the molecule is Cc1cc(Br)cc(C(N)Cc2nc(C)c(C)s2)c1. The summed E-state index contributed by atoms with van der Waals surface area (Å²) >= 11 is 5.26. The van der Waals surface area contributed by atoms with E-state index in [1.54, 1.807) is 11.3 Å². The number of aromatic nitrogens is 1. The number of hydrogen-bond acceptors (Lipinski definition) is 3. The summed E-state index contributed by atoms with van der Waals surface area (Å²) in [5, 5.41) is 1.12. The van der Waals surface area contributed by atoms with Crippen LogP contribution in [0.3, 0.4) is 0 Å². The van der Waals surface area contributed by atoms with E-state index in [0.717, 1.165) is 27.2 Å². The zero-order valence-corrected chi connectivity index (χ0v) is 13.2. The summed E-state index contributed by atoms with van der Waals surface area (Å²) in [5.41, 5.74) is 9.77. The molecule has 0 saturated carbocycles. The van der Waals surface area contributed by atoms with Crippen LogP contribution >= 0.6 is 27.3 Å². The summed E-state index contributed by atoms with van der Waals surface area (Å²) in [4.78, 5) is 5.83. The molecule has 0 aliphatic rings. The second-order valence-corrected chi connectivity index (χ2v) is 6.83. The molecule has 4 heteroatoms. The van der Waals surface area contributed by atoms with Crippen molar-refractivity contribution >= 4 is 27.3 Å². The molecule has 1 atom stereocenters. The second kappa shape index (κ2) is 5.51. The molecule has 0 aliphatic heterocycles. The smallest absolute Gasteiger partial charge is 0.0949 e. The van der Waals surface area contributed by atoms with Gasteiger partial charge in [0.25, 0.3) is 0 Å². The first kappa shape index (κ1) is 13.7. The van der Waals surface area contributed by atoms with Crippen LogP contribution in [0.15, 0.2) is 22.7 Å². The average molecular weight is 325 g/mol. The summed E-state index contributed by atoms with van der Waals surface area (Å²) in [6.07, 6.45) is 0.801. The van der Waals surface area contributed by atoms with E-state index in [-0.39, 0.29) is 6.04 Å². The van der Waals surface area contributed by atoms with E-state index < -0.39 is 0 Å². The molecule has 1 unspecified atom stereocenters. The Morgan fingerprint density at radius 2 is 2.00 bits per heavy atom. The first-order chi connectivity index (χ1) is 8.45. The molecule has 2 aromatic rings. The molecule has 2 rings (SSSR count). The van der Waals surface area contributed by atoms with Crippen molar-refractivity contribution < 1.29 is 0 Å². The molecule has 0 amide bonds. The van der Waals surface area contributed by atoms with Gasteiger partial charge in [0.15, 0.2) is 0 Å². The summed E-state index contributed by atoms with van der Waals surface area (Å²) in [6, 6.07) is 6.33. The molecule has 1 aromatic carbocycles. The maximum Gasteiger partial charge on any atom is 0.0949 e. The summed E-state index contributed by atoms with van der Waals surface area (Å²) < 4.78 is 1.08. The van der Waals surface area contributed by atoms with Crippen LogP contribution in [0.25, 0.3) is 0 Å². The molecular formula is C14H17BrN2S. The van der Waals surface area contributed by atoms with Crippen LogP contribution in [0.1, 0.15) is 32.7 Å². The highest BCUT2D eigenvalue weighted by Gasteiger charge is 2.12. The van der Waals surface area contributed by atoms with E-state index >= 15 is 0 Å². The van der Waals surface area contributed by atoms with Gasteiger partial charge in [0, 0.05) is 21.8 Å². The predicted octanol–water partition coefficient (Wildman–Crippen LogP) is 4.07. The van der Waals surface area contributed by atoms with Gasteiger partial charge >= 0.3 is 0 Å². The highest BCUT2D eigenvalue weighted by Crippen LogP contribution is 2.24. The maximum atomic E-state index is 6.27. The van der Waals surface area contributed by atoms with E-state index in [4.69, 9.17) is 5.73 Å². The van der Waals surface area contributed by atoms with Gasteiger partial charge in [-0.1, -0.05) is 22.0 Å². The average Bonchev–Trinajstić information content (AvgIpc) is 2.56. The summed E-state index contributed by atoms with van der Waals surface area (Å²) in [7, 11) is 0. The third-order valence-corrected chi connectivity index (χ3v) is 4.51. The molecule has 2 N–H and O–H groups in total. The Kier molecular flexibility index (Phi) is 4.20. The molecule has 0 fully saturated rings. The molecule has 0 aliphatic carbocycles. The van der Waals surface area contributed by atoms with Crippen LogP contribution in [-0.2, 0) is 6.42 Å². The van der Waals surface area contributed by atoms with Crippen LogP contribution in [0.5, 0.6) is 0 Å². The number of nitrogens with zero attached hydrogens (tertiary/aromatic N) is 1. The first-order valence-electron chi connectivity index (χ1n) is 5.91. The predicted molar refractivity (Wildman–Crippen MR) is 81.1 cm³/mol. The van der Waals surface area contributed by atoms with Gasteiger partial charge in [-0.25, -0.2) is 4.98 Å². The Bertz CT molecular complexity index is 523. The van der Waals surface area contributed by atoms with Crippen molar-refractivity contribution in [2.45, 2.75) is 33.2 Å². The lowest BCUT2D eigenvalue weighted by atomic mass is 10.0. The van der Waals surface area contributed by atoms with Crippen LogP contribution in [0.2, 0.25) is 0 Å². The molecule has 0 bridgehead atoms. The number of halogens is 1. The van der Waals surface area contributed by atoms with E-state index in [2.05, 4.69) is 53.0 Å².